The van der Waals surface area contributed by atoms with Gasteiger partial charge in [-0.25, -0.2) is 9.59 Å². The third-order valence-corrected chi connectivity index (χ3v) is 10.3. The summed E-state index contributed by atoms with van der Waals surface area (Å²) in [4.78, 5) is 24.8. The van der Waals surface area contributed by atoms with Gasteiger partial charge in [-0.15, -0.1) is 0 Å². The Kier molecular flexibility index (Phi) is 18.2. The fraction of sp³-hybridized carbons (Fsp3) is 0.750. The van der Waals surface area contributed by atoms with Gasteiger partial charge in [-0.05, 0) is 80.4 Å². The molecular formula is C32H54O4S2. The van der Waals surface area contributed by atoms with Crippen molar-refractivity contribution in [1.29, 1.82) is 0 Å². The van der Waals surface area contributed by atoms with Gasteiger partial charge in [0.25, 0.3) is 0 Å². The number of carbonyl (C=O) groups excluding carboxylic acids is 2. The molecule has 1 atom stereocenters. The predicted molar refractivity (Wildman–Crippen MR) is 167 cm³/mol. The summed E-state index contributed by atoms with van der Waals surface area (Å²) >= 11 is 4.03. The Labute approximate surface area is 242 Å². The molecular weight excluding hydrogens is 512 g/mol. The summed E-state index contributed by atoms with van der Waals surface area (Å²) in [5, 5.41) is 0. The average molecular weight is 567 g/mol. The SMILES string of the molecule is CCCCC(C)(CC)SCCSCCCOC(=O)c1ccc(C(=O)OCCCC(C)(CCC)CCC)cc1. The van der Waals surface area contributed by atoms with E-state index in [1.165, 1.54) is 57.1 Å². The van der Waals surface area contributed by atoms with Crippen molar-refractivity contribution >= 4 is 35.5 Å². The van der Waals surface area contributed by atoms with Crippen LogP contribution in [0.15, 0.2) is 24.3 Å². The Hall–Kier alpha value is -1.14. The Morgan fingerprint density at radius 1 is 0.684 bits per heavy atom. The Balaban J connectivity index is 2.25. The lowest BCUT2D eigenvalue weighted by Crippen LogP contribution is -2.19. The van der Waals surface area contributed by atoms with Gasteiger partial charge in [0, 0.05) is 16.3 Å². The molecule has 4 nitrogen and oxygen atoms in total. The Bertz CT molecular complexity index is 774. The molecule has 0 aliphatic heterocycles. The second kappa shape index (κ2) is 19.8. The third-order valence-electron chi connectivity index (χ3n) is 7.37. The molecule has 1 rings (SSSR count). The van der Waals surface area contributed by atoms with Crippen molar-refractivity contribution in [1.82, 2.24) is 0 Å². The van der Waals surface area contributed by atoms with Crippen LogP contribution >= 0.6 is 23.5 Å². The van der Waals surface area contributed by atoms with E-state index in [9.17, 15) is 9.59 Å². The maximum absolute atomic E-state index is 12.4. The van der Waals surface area contributed by atoms with Crippen LogP contribution in [0.2, 0.25) is 0 Å². The van der Waals surface area contributed by atoms with Crippen LogP contribution in [0.4, 0.5) is 0 Å². The molecule has 0 amide bonds. The lowest BCUT2D eigenvalue weighted by Gasteiger charge is -2.29. The third kappa shape index (κ3) is 14.3. The van der Waals surface area contributed by atoms with E-state index in [1.54, 1.807) is 24.3 Å². The van der Waals surface area contributed by atoms with E-state index in [-0.39, 0.29) is 11.9 Å². The van der Waals surface area contributed by atoms with Crippen molar-refractivity contribution in [2.75, 3.05) is 30.5 Å². The molecule has 0 radical (unpaired) electrons. The highest BCUT2D eigenvalue weighted by Gasteiger charge is 2.22. The van der Waals surface area contributed by atoms with Gasteiger partial charge in [-0.3, -0.25) is 0 Å². The van der Waals surface area contributed by atoms with Crippen LogP contribution in [0.5, 0.6) is 0 Å². The molecule has 0 saturated heterocycles. The number of carbonyl (C=O) groups is 2. The smallest absolute Gasteiger partial charge is 0.338 e. The first-order valence-electron chi connectivity index (χ1n) is 14.9. The first-order chi connectivity index (χ1) is 18.2. The van der Waals surface area contributed by atoms with Crippen LogP contribution in [0.3, 0.4) is 0 Å². The highest BCUT2D eigenvalue weighted by molar-refractivity contribution is 8.03. The molecule has 0 saturated carbocycles. The number of hydrogen-bond donors (Lipinski definition) is 0. The highest BCUT2D eigenvalue weighted by Crippen LogP contribution is 2.35. The summed E-state index contributed by atoms with van der Waals surface area (Å²) in [6.45, 7) is 14.6. The molecule has 0 aliphatic rings. The van der Waals surface area contributed by atoms with Crippen LogP contribution in [0, 0.1) is 5.41 Å². The van der Waals surface area contributed by atoms with E-state index in [0.29, 0.717) is 34.5 Å². The molecule has 1 aromatic rings. The Morgan fingerprint density at radius 3 is 1.74 bits per heavy atom. The van der Waals surface area contributed by atoms with E-state index in [2.05, 4.69) is 53.3 Å². The van der Waals surface area contributed by atoms with Gasteiger partial charge in [0.2, 0.25) is 0 Å². The zero-order valence-electron chi connectivity index (χ0n) is 25.1. The number of thioether (sulfide) groups is 2. The lowest BCUT2D eigenvalue weighted by molar-refractivity contribution is 0.0474. The van der Waals surface area contributed by atoms with Gasteiger partial charge in [-0.2, -0.15) is 23.5 Å². The van der Waals surface area contributed by atoms with Crippen LogP contribution in [0.1, 0.15) is 133 Å². The fourth-order valence-corrected chi connectivity index (χ4v) is 7.15. The maximum Gasteiger partial charge on any atom is 0.338 e. The fourth-order valence-electron chi connectivity index (χ4n) is 4.83. The number of ether oxygens (including phenoxy) is 2. The second-order valence-corrected chi connectivity index (χ2v) is 13.9. The van der Waals surface area contributed by atoms with E-state index in [4.69, 9.17) is 9.47 Å². The zero-order valence-corrected chi connectivity index (χ0v) is 26.7. The maximum atomic E-state index is 12.4. The number of unbranched alkanes of at least 4 members (excludes halogenated alkanes) is 1. The first-order valence-corrected chi connectivity index (χ1v) is 17.0. The number of hydrogen-bond acceptors (Lipinski definition) is 6. The molecule has 0 fully saturated rings. The van der Waals surface area contributed by atoms with Crippen molar-refractivity contribution < 1.29 is 19.1 Å². The number of esters is 2. The summed E-state index contributed by atoms with van der Waals surface area (Å²) in [6.07, 6.45) is 12.7. The van der Waals surface area contributed by atoms with Gasteiger partial charge in [0.15, 0.2) is 0 Å². The minimum absolute atomic E-state index is 0.334. The van der Waals surface area contributed by atoms with E-state index >= 15 is 0 Å². The van der Waals surface area contributed by atoms with Crippen LogP contribution < -0.4 is 0 Å². The minimum atomic E-state index is -0.341. The minimum Gasteiger partial charge on any atom is -0.462 e. The molecule has 0 aliphatic carbocycles. The van der Waals surface area contributed by atoms with Gasteiger partial charge < -0.3 is 9.47 Å². The Morgan fingerprint density at radius 2 is 1.24 bits per heavy atom. The van der Waals surface area contributed by atoms with E-state index < -0.39 is 0 Å². The standard InChI is InChI=1S/C32H54O4S2/c1-7-11-21-32(6,10-4)38-26-25-37-24-13-23-36-30(34)28-16-14-27(15-17-28)29(33)35-22-12-20-31(5,18-8-2)19-9-3/h14-17H,7-13,18-26H2,1-6H3. The van der Waals surface area contributed by atoms with Crippen LogP contribution in [0.25, 0.3) is 0 Å². The quantitative estimate of drug-likeness (QED) is 0.103. The van der Waals surface area contributed by atoms with Crippen LogP contribution in [-0.2, 0) is 9.47 Å². The monoisotopic (exact) mass is 566 g/mol. The number of rotatable bonds is 22. The van der Waals surface area contributed by atoms with E-state index in [1.807, 2.05) is 11.8 Å². The summed E-state index contributed by atoms with van der Waals surface area (Å²) in [5.41, 5.74) is 1.27. The van der Waals surface area contributed by atoms with E-state index in [0.717, 1.165) is 30.8 Å². The average Bonchev–Trinajstić information content (AvgIpc) is 2.91. The molecule has 6 heteroatoms. The molecule has 218 valence electrons. The summed E-state index contributed by atoms with van der Waals surface area (Å²) in [6, 6.07) is 6.59. The zero-order chi connectivity index (χ0) is 28.3. The van der Waals surface area contributed by atoms with Crippen molar-refractivity contribution in [3.8, 4) is 0 Å². The number of benzene rings is 1. The molecule has 0 bridgehead atoms. The molecule has 0 spiro atoms. The molecule has 0 N–H and O–H groups in total. The van der Waals surface area contributed by atoms with Gasteiger partial charge in [0.1, 0.15) is 0 Å². The summed E-state index contributed by atoms with van der Waals surface area (Å²) in [5.74, 6) is 2.62. The highest BCUT2D eigenvalue weighted by atomic mass is 32.2. The topological polar surface area (TPSA) is 52.6 Å². The molecule has 1 aromatic carbocycles. The van der Waals surface area contributed by atoms with Crippen molar-refractivity contribution in [2.24, 2.45) is 5.41 Å². The van der Waals surface area contributed by atoms with Gasteiger partial charge in [0.05, 0.1) is 24.3 Å². The molecule has 38 heavy (non-hydrogen) atoms. The first kappa shape index (κ1) is 34.9. The van der Waals surface area contributed by atoms with Crippen molar-refractivity contribution in [2.45, 2.75) is 117 Å². The normalized spacial score (nSPS) is 13.2. The largest absolute Gasteiger partial charge is 0.462 e. The van der Waals surface area contributed by atoms with Crippen LogP contribution in [-0.4, -0.2) is 47.2 Å². The second-order valence-electron chi connectivity index (χ2n) is 11.0. The van der Waals surface area contributed by atoms with Gasteiger partial charge in [-0.1, -0.05) is 67.2 Å². The van der Waals surface area contributed by atoms with Crippen molar-refractivity contribution in [3.63, 3.8) is 0 Å². The van der Waals surface area contributed by atoms with Gasteiger partial charge >= 0.3 is 11.9 Å². The van der Waals surface area contributed by atoms with Crippen molar-refractivity contribution in [3.05, 3.63) is 35.4 Å². The molecule has 1 unspecified atom stereocenters. The predicted octanol–water partition coefficient (Wildman–Crippen LogP) is 9.60. The summed E-state index contributed by atoms with van der Waals surface area (Å²) in [7, 11) is 0. The molecule has 0 aromatic heterocycles. The molecule has 0 heterocycles. The summed E-state index contributed by atoms with van der Waals surface area (Å²) < 4.78 is 11.3. The lowest BCUT2D eigenvalue weighted by atomic mass is 9.77.